The van der Waals surface area contributed by atoms with Crippen molar-refractivity contribution in [2.45, 2.75) is 23.5 Å². The van der Waals surface area contributed by atoms with Crippen LogP contribution in [-0.4, -0.2) is 23.0 Å². The summed E-state index contributed by atoms with van der Waals surface area (Å²) in [5.41, 5.74) is 1.19. The van der Waals surface area contributed by atoms with E-state index in [1.54, 1.807) is 84.9 Å². The van der Waals surface area contributed by atoms with Gasteiger partial charge in [-0.1, -0.05) is 72.6 Å². The quantitative estimate of drug-likeness (QED) is 0.123. The topological polar surface area (TPSA) is 87.3 Å². The molecule has 4 aromatic rings. The largest absolute Gasteiger partial charge is 0.323 e. The van der Waals surface area contributed by atoms with Gasteiger partial charge in [0.25, 0.3) is 11.8 Å². The number of nitrogens with one attached hydrogen (secondary N) is 3. The number of hydrogen-bond acceptors (Lipinski definition) is 4. The second-order valence-corrected chi connectivity index (χ2v) is 11.1. The van der Waals surface area contributed by atoms with E-state index in [0.717, 1.165) is 0 Å². The maximum absolute atomic E-state index is 14.0. The van der Waals surface area contributed by atoms with Gasteiger partial charge in [0, 0.05) is 31.8 Å². The second-order valence-electron chi connectivity index (χ2n) is 8.98. The zero-order chi connectivity index (χ0) is 30.1. The third-order valence-electron chi connectivity index (χ3n) is 5.98. The molecule has 0 radical (unpaired) electrons. The lowest BCUT2D eigenvalue weighted by atomic mass is 10.1. The fraction of sp³-hybridized carbons (Fsp3) is 0.0938. The highest BCUT2D eigenvalue weighted by Crippen LogP contribution is 2.30. The van der Waals surface area contributed by atoms with Gasteiger partial charge < -0.3 is 16.0 Å². The lowest BCUT2D eigenvalue weighted by molar-refractivity contribution is -0.116. The second kappa shape index (κ2) is 14.7. The predicted molar refractivity (Wildman–Crippen MR) is 168 cm³/mol. The van der Waals surface area contributed by atoms with E-state index in [2.05, 4.69) is 16.0 Å². The molecule has 0 saturated heterocycles. The van der Waals surface area contributed by atoms with Crippen molar-refractivity contribution in [3.8, 4) is 0 Å². The highest BCUT2D eigenvalue weighted by Gasteiger charge is 2.20. The number of para-hydroxylation sites is 1. The number of halogens is 3. The molecule has 6 nitrogen and oxygen atoms in total. The molecule has 0 saturated carbocycles. The molecule has 4 aromatic carbocycles. The molecule has 1 atom stereocenters. The van der Waals surface area contributed by atoms with Crippen LogP contribution in [0.3, 0.4) is 0 Å². The molecular weight excluding hydrogens is 596 g/mol. The maximum atomic E-state index is 14.0. The van der Waals surface area contributed by atoms with Crippen LogP contribution < -0.4 is 16.0 Å². The Morgan fingerprint density at radius 3 is 2.21 bits per heavy atom. The van der Waals surface area contributed by atoms with Crippen LogP contribution in [0.15, 0.2) is 108 Å². The molecule has 0 heterocycles. The average molecular weight is 623 g/mol. The van der Waals surface area contributed by atoms with E-state index in [0.29, 0.717) is 38.2 Å². The summed E-state index contributed by atoms with van der Waals surface area (Å²) in [6, 6.07) is 26.3. The minimum absolute atomic E-state index is 0.0763. The highest BCUT2D eigenvalue weighted by atomic mass is 35.5. The molecule has 0 fully saturated rings. The summed E-state index contributed by atoms with van der Waals surface area (Å²) < 4.78 is 14.0. The summed E-state index contributed by atoms with van der Waals surface area (Å²) in [5.74, 6) is -1.96. The van der Waals surface area contributed by atoms with Crippen LogP contribution in [-0.2, 0) is 9.59 Å². The smallest absolute Gasteiger partial charge is 0.272 e. The summed E-state index contributed by atoms with van der Waals surface area (Å²) >= 11 is 13.9. The fourth-order valence-electron chi connectivity index (χ4n) is 3.84. The van der Waals surface area contributed by atoms with Gasteiger partial charge in [-0.25, -0.2) is 4.39 Å². The number of anilines is 2. The first-order valence-electron chi connectivity index (χ1n) is 12.9. The summed E-state index contributed by atoms with van der Waals surface area (Å²) in [6.07, 6.45) is 1.90. The van der Waals surface area contributed by atoms with Crippen LogP contribution >= 0.6 is 35.0 Å². The van der Waals surface area contributed by atoms with Gasteiger partial charge in [0.1, 0.15) is 11.5 Å². The van der Waals surface area contributed by atoms with Crippen molar-refractivity contribution >= 4 is 70.1 Å². The Labute approximate surface area is 257 Å². The molecule has 42 heavy (non-hydrogen) atoms. The van der Waals surface area contributed by atoms with Crippen molar-refractivity contribution in [2.24, 2.45) is 0 Å². The standard InChI is InChI=1S/C32H26Cl2FN3O3S/c1-2-29(32(41)37-27-17-7-6-16-26(27)35)42-22-13-8-12-21(18-22)36-31(40)28(19-23-24(33)14-9-15-25(23)34)38-30(39)20-10-4-3-5-11-20/h3-19,29H,2H2,1H3,(H,36,40)(H,37,41)(H,38,39)/b28-19+. The van der Waals surface area contributed by atoms with Gasteiger partial charge in [0.15, 0.2) is 0 Å². The highest BCUT2D eigenvalue weighted by molar-refractivity contribution is 8.00. The SMILES string of the molecule is CCC(Sc1cccc(NC(=O)/C(=C\c2c(Cl)cccc2Cl)NC(=O)c2ccccc2)c1)C(=O)Nc1ccccc1F. The van der Waals surface area contributed by atoms with E-state index in [1.807, 2.05) is 6.92 Å². The van der Waals surface area contributed by atoms with Crippen LogP contribution in [0.5, 0.6) is 0 Å². The van der Waals surface area contributed by atoms with Gasteiger partial charge in [-0.15, -0.1) is 11.8 Å². The van der Waals surface area contributed by atoms with Crippen molar-refractivity contribution in [3.05, 3.63) is 130 Å². The van der Waals surface area contributed by atoms with E-state index < -0.39 is 22.9 Å². The Balaban J connectivity index is 1.54. The van der Waals surface area contributed by atoms with Crippen LogP contribution in [0.1, 0.15) is 29.3 Å². The van der Waals surface area contributed by atoms with Crippen molar-refractivity contribution in [3.63, 3.8) is 0 Å². The van der Waals surface area contributed by atoms with E-state index >= 15 is 0 Å². The van der Waals surface area contributed by atoms with Gasteiger partial charge >= 0.3 is 0 Å². The van der Waals surface area contributed by atoms with Crippen LogP contribution in [0.4, 0.5) is 15.8 Å². The molecule has 0 bridgehead atoms. The number of carbonyl (C=O) groups is 3. The van der Waals surface area contributed by atoms with Crippen molar-refractivity contribution in [1.29, 1.82) is 0 Å². The number of carbonyl (C=O) groups excluding carboxylic acids is 3. The maximum Gasteiger partial charge on any atom is 0.272 e. The molecular formula is C32H26Cl2FN3O3S. The molecule has 0 aliphatic heterocycles. The molecule has 0 aromatic heterocycles. The minimum Gasteiger partial charge on any atom is -0.323 e. The number of hydrogen-bond donors (Lipinski definition) is 3. The monoisotopic (exact) mass is 621 g/mol. The molecule has 1 unspecified atom stereocenters. The van der Waals surface area contributed by atoms with E-state index in [4.69, 9.17) is 23.2 Å². The average Bonchev–Trinajstić information content (AvgIpc) is 2.99. The summed E-state index contributed by atoms with van der Waals surface area (Å²) in [6.45, 7) is 1.86. The number of thioether (sulfide) groups is 1. The Morgan fingerprint density at radius 2 is 1.52 bits per heavy atom. The van der Waals surface area contributed by atoms with Gasteiger partial charge in [-0.3, -0.25) is 14.4 Å². The van der Waals surface area contributed by atoms with Gasteiger partial charge in [-0.2, -0.15) is 0 Å². The van der Waals surface area contributed by atoms with E-state index in [1.165, 1.54) is 30.0 Å². The van der Waals surface area contributed by atoms with Crippen LogP contribution in [0.2, 0.25) is 10.0 Å². The first-order valence-corrected chi connectivity index (χ1v) is 14.5. The predicted octanol–water partition coefficient (Wildman–Crippen LogP) is 8.05. The Morgan fingerprint density at radius 1 is 0.857 bits per heavy atom. The van der Waals surface area contributed by atoms with E-state index in [-0.39, 0.29) is 17.3 Å². The molecule has 0 aliphatic carbocycles. The Bertz CT molecular complexity index is 1610. The fourth-order valence-corrected chi connectivity index (χ4v) is 5.36. The third-order valence-corrected chi connectivity index (χ3v) is 8.00. The molecule has 3 amide bonds. The minimum atomic E-state index is -0.609. The van der Waals surface area contributed by atoms with Crippen molar-refractivity contribution in [1.82, 2.24) is 5.32 Å². The molecule has 10 heteroatoms. The van der Waals surface area contributed by atoms with Crippen LogP contribution in [0, 0.1) is 5.82 Å². The zero-order valence-electron chi connectivity index (χ0n) is 22.4. The molecule has 0 aliphatic rings. The zero-order valence-corrected chi connectivity index (χ0v) is 24.7. The summed E-state index contributed by atoms with van der Waals surface area (Å²) in [5, 5.41) is 8.18. The summed E-state index contributed by atoms with van der Waals surface area (Å²) in [4.78, 5) is 40.0. The number of benzene rings is 4. The molecule has 0 spiro atoms. The first-order chi connectivity index (χ1) is 20.2. The number of amides is 3. The molecule has 3 N–H and O–H groups in total. The normalized spacial score (nSPS) is 11.9. The first kappa shape index (κ1) is 30.8. The van der Waals surface area contributed by atoms with Crippen molar-refractivity contribution in [2.75, 3.05) is 10.6 Å². The lowest BCUT2D eigenvalue weighted by Gasteiger charge is -2.16. The lowest BCUT2D eigenvalue weighted by Crippen LogP contribution is -2.30. The Kier molecular flexibility index (Phi) is 10.8. The van der Waals surface area contributed by atoms with Crippen molar-refractivity contribution < 1.29 is 18.8 Å². The Hall–Kier alpha value is -4.11. The van der Waals surface area contributed by atoms with Gasteiger partial charge in [-0.05, 0) is 67.1 Å². The van der Waals surface area contributed by atoms with Gasteiger partial charge in [0.2, 0.25) is 5.91 Å². The van der Waals surface area contributed by atoms with Crippen LogP contribution in [0.25, 0.3) is 6.08 Å². The summed E-state index contributed by atoms with van der Waals surface area (Å²) in [7, 11) is 0. The number of rotatable bonds is 10. The third kappa shape index (κ3) is 8.22. The van der Waals surface area contributed by atoms with E-state index in [9.17, 15) is 18.8 Å². The molecule has 4 rings (SSSR count). The molecule has 214 valence electrons. The van der Waals surface area contributed by atoms with Gasteiger partial charge in [0.05, 0.1) is 10.9 Å².